The van der Waals surface area contributed by atoms with Crippen LogP contribution in [-0.2, 0) is 0 Å². The highest BCUT2D eigenvalue weighted by Crippen LogP contribution is 2.18. The SMILES string of the molecule is CCCN(CC)CCNc1nc(C)cc(C)c1C(=O)O. The van der Waals surface area contributed by atoms with Crippen LogP contribution in [0.3, 0.4) is 0 Å². The van der Waals surface area contributed by atoms with Gasteiger partial charge in [0.05, 0.1) is 0 Å². The summed E-state index contributed by atoms with van der Waals surface area (Å²) in [5.74, 6) is -0.457. The number of likely N-dealkylation sites (N-methyl/N-ethyl adjacent to an activating group) is 1. The van der Waals surface area contributed by atoms with E-state index in [0.29, 0.717) is 12.4 Å². The maximum absolute atomic E-state index is 11.3. The Morgan fingerprint density at radius 1 is 1.35 bits per heavy atom. The van der Waals surface area contributed by atoms with Crippen molar-refractivity contribution < 1.29 is 9.90 Å². The molecule has 0 radical (unpaired) electrons. The second-order valence-electron chi connectivity index (χ2n) is 4.97. The largest absolute Gasteiger partial charge is 0.478 e. The molecule has 1 aromatic heterocycles. The van der Waals surface area contributed by atoms with Crippen molar-refractivity contribution in [3.8, 4) is 0 Å². The minimum absolute atomic E-state index is 0.272. The fraction of sp³-hybridized carbons (Fsp3) is 0.600. The van der Waals surface area contributed by atoms with Gasteiger partial charge < -0.3 is 15.3 Å². The molecule has 1 rings (SSSR count). The Balaban J connectivity index is 2.74. The lowest BCUT2D eigenvalue weighted by Crippen LogP contribution is -2.30. The number of hydrogen-bond acceptors (Lipinski definition) is 4. The van der Waals surface area contributed by atoms with Gasteiger partial charge >= 0.3 is 5.97 Å². The number of nitrogens with zero attached hydrogens (tertiary/aromatic N) is 2. The van der Waals surface area contributed by atoms with Gasteiger partial charge in [-0.1, -0.05) is 13.8 Å². The topological polar surface area (TPSA) is 65.5 Å². The number of nitrogens with one attached hydrogen (secondary N) is 1. The molecule has 112 valence electrons. The van der Waals surface area contributed by atoms with E-state index in [9.17, 15) is 9.90 Å². The predicted molar refractivity (Wildman–Crippen MR) is 81.6 cm³/mol. The minimum atomic E-state index is -0.932. The van der Waals surface area contributed by atoms with Crippen molar-refractivity contribution in [3.05, 3.63) is 22.9 Å². The molecule has 0 aliphatic rings. The van der Waals surface area contributed by atoms with E-state index < -0.39 is 5.97 Å². The number of aromatic carboxylic acids is 1. The van der Waals surface area contributed by atoms with E-state index in [2.05, 4.69) is 29.0 Å². The highest BCUT2D eigenvalue weighted by molar-refractivity contribution is 5.94. The first-order chi connectivity index (χ1) is 9.49. The quantitative estimate of drug-likeness (QED) is 0.765. The second kappa shape index (κ2) is 7.85. The van der Waals surface area contributed by atoms with Crippen molar-refractivity contribution in [3.63, 3.8) is 0 Å². The lowest BCUT2D eigenvalue weighted by atomic mass is 10.1. The molecule has 1 heterocycles. The summed E-state index contributed by atoms with van der Waals surface area (Å²) in [6.07, 6.45) is 1.12. The summed E-state index contributed by atoms with van der Waals surface area (Å²) in [7, 11) is 0. The van der Waals surface area contributed by atoms with Gasteiger partial charge in [-0.15, -0.1) is 0 Å². The molecule has 0 aliphatic heterocycles. The van der Waals surface area contributed by atoms with Gasteiger partial charge in [-0.05, 0) is 45.0 Å². The van der Waals surface area contributed by atoms with Gasteiger partial charge in [-0.2, -0.15) is 0 Å². The smallest absolute Gasteiger partial charge is 0.339 e. The fourth-order valence-corrected chi connectivity index (χ4v) is 2.31. The van der Waals surface area contributed by atoms with Crippen LogP contribution < -0.4 is 5.32 Å². The van der Waals surface area contributed by atoms with Crippen LogP contribution in [0.15, 0.2) is 6.07 Å². The Labute approximate surface area is 121 Å². The van der Waals surface area contributed by atoms with Gasteiger partial charge in [0.2, 0.25) is 0 Å². The maximum Gasteiger partial charge on any atom is 0.339 e. The van der Waals surface area contributed by atoms with E-state index in [1.54, 1.807) is 13.0 Å². The first-order valence-electron chi connectivity index (χ1n) is 7.17. The third kappa shape index (κ3) is 4.49. The molecule has 0 spiro atoms. The van der Waals surface area contributed by atoms with Crippen LogP contribution in [0.1, 0.15) is 41.9 Å². The summed E-state index contributed by atoms with van der Waals surface area (Å²) < 4.78 is 0. The molecule has 1 aromatic rings. The van der Waals surface area contributed by atoms with Crippen LogP contribution in [0.5, 0.6) is 0 Å². The van der Waals surface area contributed by atoms with Gasteiger partial charge in [0, 0.05) is 18.8 Å². The van der Waals surface area contributed by atoms with Gasteiger partial charge in [0.1, 0.15) is 11.4 Å². The lowest BCUT2D eigenvalue weighted by Gasteiger charge is -2.20. The molecule has 2 N–H and O–H groups in total. The van der Waals surface area contributed by atoms with Crippen molar-refractivity contribution >= 4 is 11.8 Å². The van der Waals surface area contributed by atoms with Gasteiger partial charge in [-0.25, -0.2) is 9.78 Å². The van der Waals surface area contributed by atoms with E-state index in [1.165, 1.54) is 0 Å². The molecule has 0 saturated carbocycles. The zero-order chi connectivity index (χ0) is 15.1. The number of rotatable bonds is 8. The van der Waals surface area contributed by atoms with Crippen molar-refractivity contribution in [2.45, 2.75) is 34.1 Å². The standard InChI is InChI=1S/C15H25N3O2/c1-5-8-18(6-2)9-7-16-14-13(15(19)20)11(3)10-12(4)17-14/h10H,5-9H2,1-4H3,(H,16,17)(H,19,20). The lowest BCUT2D eigenvalue weighted by molar-refractivity contribution is 0.0697. The van der Waals surface area contributed by atoms with Crippen LogP contribution in [0.25, 0.3) is 0 Å². The average molecular weight is 279 g/mol. The summed E-state index contributed by atoms with van der Waals surface area (Å²) in [6, 6.07) is 1.80. The number of carboxylic acids is 1. The van der Waals surface area contributed by atoms with Gasteiger partial charge in [-0.3, -0.25) is 0 Å². The monoisotopic (exact) mass is 279 g/mol. The Morgan fingerprint density at radius 2 is 2.05 bits per heavy atom. The molecule has 0 aliphatic carbocycles. The van der Waals surface area contributed by atoms with Crippen molar-refractivity contribution in [2.24, 2.45) is 0 Å². The van der Waals surface area contributed by atoms with Gasteiger partial charge in [0.25, 0.3) is 0 Å². The number of carboxylic acid groups (broad SMARTS) is 1. The molecule has 0 unspecified atom stereocenters. The molecule has 0 bridgehead atoms. The molecule has 0 amide bonds. The first-order valence-corrected chi connectivity index (χ1v) is 7.17. The number of pyridine rings is 1. The molecule has 0 atom stereocenters. The van der Waals surface area contributed by atoms with Crippen LogP contribution >= 0.6 is 0 Å². The number of aryl methyl sites for hydroxylation is 2. The summed E-state index contributed by atoms with van der Waals surface area (Å²) in [4.78, 5) is 18.0. The van der Waals surface area contributed by atoms with E-state index in [0.717, 1.165) is 37.3 Å². The Morgan fingerprint density at radius 3 is 2.60 bits per heavy atom. The molecule has 0 fully saturated rings. The summed E-state index contributed by atoms with van der Waals surface area (Å²) in [5.41, 5.74) is 1.85. The van der Waals surface area contributed by atoms with Crippen LogP contribution in [-0.4, -0.2) is 47.1 Å². The highest BCUT2D eigenvalue weighted by atomic mass is 16.4. The Kier molecular flexibility index (Phi) is 6.45. The Bertz CT molecular complexity index is 461. The zero-order valence-electron chi connectivity index (χ0n) is 12.9. The van der Waals surface area contributed by atoms with Crippen LogP contribution in [0.4, 0.5) is 5.82 Å². The third-order valence-corrected chi connectivity index (χ3v) is 3.27. The van der Waals surface area contributed by atoms with Crippen LogP contribution in [0.2, 0.25) is 0 Å². The molecular weight excluding hydrogens is 254 g/mol. The number of aromatic nitrogens is 1. The summed E-state index contributed by atoms with van der Waals surface area (Å²) >= 11 is 0. The van der Waals surface area contributed by atoms with Crippen molar-refractivity contribution in [2.75, 3.05) is 31.5 Å². The summed E-state index contributed by atoms with van der Waals surface area (Å²) in [5, 5.41) is 12.5. The van der Waals surface area contributed by atoms with Crippen LogP contribution in [0, 0.1) is 13.8 Å². The van der Waals surface area contributed by atoms with E-state index in [-0.39, 0.29) is 5.56 Å². The van der Waals surface area contributed by atoms with Crippen molar-refractivity contribution in [1.82, 2.24) is 9.88 Å². The predicted octanol–water partition coefficient (Wildman–Crippen LogP) is 2.54. The summed E-state index contributed by atoms with van der Waals surface area (Å²) in [6.45, 7) is 11.6. The zero-order valence-corrected chi connectivity index (χ0v) is 12.9. The first kappa shape index (κ1) is 16.4. The fourth-order valence-electron chi connectivity index (χ4n) is 2.31. The average Bonchev–Trinajstić information content (AvgIpc) is 2.36. The normalized spacial score (nSPS) is 10.8. The Hall–Kier alpha value is -1.62. The van der Waals surface area contributed by atoms with E-state index in [1.807, 2.05) is 6.92 Å². The maximum atomic E-state index is 11.3. The van der Waals surface area contributed by atoms with E-state index >= 15 is 0 Å². The minimum Gasteiger partial charge on any atom is -0.478 e. The molecule has 0 saturated heterocycles. The molecular formula is C15H25N3O2. The van der Waals surface area contributed by atoms with Gasteiger partial charge in [0.15, 0.2) is 0 Å². The molecule has 5 nitrogen and oxygen atoms in total. The number of hydrogen-bond donors (Lipinski definition) is 2. The highest BCUT2D eigenvalue weighted by Gasteiger charge is 2.15. The third-order valence-electron chi connectivity index (χ3n) is 3.27. The molecule has 5 heteroatoms. The number of carbonyl (C=O) groups is 1. The van der Waals surface area contributed by atoms with Crippen molar-refractivity contribution in [1.29, 1.82) is 0 Å². The molecule has 20 heavy (non-hydrogen) atoms. The molecule has 0 aromatic carbocycles. The second-order valence-corrected chi connectivity index (χ2v) is 4.97. The van der Waals surface area contributed by atoms with E-state index in [4.69, 9.17) is 0 Å². The number of anilines is 1.